The van der Waals surface area contributed by atoms with E-state index >= 15 is 0 Å². The lowest BCUT2D eigenvalue weighted by Gasteiger charge is -2.59. The van der Waals surface area contributed by atoms with Gasteiger partial charge in [0.15, 0.2) is 0 Å². The van der Waals surface area contributed by atoms with Gasteiger partial charge >= 0.3 is 0 Å². The minimum absolute atomic E-state index is 0.0129. The number of benzene rings is 4. The van der Waals surface area contributed by atoms with Crippen LogP contribution in [0, 0.1) is 17.8 Å². The third-order valence-electron chi connectivity index (χ3n) is 12.3. The van der Waals surface area contributed by atoms with Crippen LogP contribution in [0.15, 0.2) is 119 Å². The maximum atomic E-state index is 14.9. The smallest absolute Gasteiger partial charge is 0.243 e. The number of carbonyl (C=O) groups is 1. The number of nitrogens with zero attached hydrogens (tertiary/aromatic N) is 2. The average molecular weight is 880 g/mol. The zero-order chi connectivity index (χ0) is 44.9. The van der Waals surface area contributed by atoms with Gasteiger partial charge in [-0.25, -0.2) is 8.42 Å². The number of sulfonamides is 1. The molecule has 6 unspecified atom stereocenters. The summed E-state index contributed by atoms with van der Waals surface area (Å²) in [5.74, 6) is -0.869. The average Bonchev–Trinajstić information content (AvgIpc) is 3.25. The van der Waals surface area contributed by atoms with E-state index in [0.717, 1.165) is 47.6 Å². The van der Waals surface area contributed by atoms with Crippen molar-refractivity contribution in [3.05, 3.63) is 115 Å². The summed E-state index contributed by atoms with van der Waals surface area (Å²) in [6.07, 6.45) is 8.38. The molecule has 336 valence electrons. The van der Waals surface area contributed by atoms with E-state index in [1.165, 1.54) is 23.4 Å². The Balaban J connectivity index is 1.43. The van der Waals surface area contributed by atoms with Gasteiger partial charge in [0.2, 0.25) is 21.7 Å². The van der Waals surface area contributed by atoms with Crippen molar-refractivity contribution >= 4 is 38.1 Å². The SMILES string of the molecule is C=CCOC12Oc3ccc(Oc4ccc5ccccc5c4)cc3C3C(CCCCO)C(CCCCO)C=C(C(=NOC(C)(C)C)CC1N(C)S(=O)(=O)c1ccc(NC(C)=O)cc1)C32. The standard InChI is InChI=1S/C50H61N3O9S/c1-7-28-59-50-46(53(6)63(57,58)40-23-19-37(20-24-40)51-33(2)56)32-44(52-62-49(3,4)5)42-30-36(16-10-12-26-54)41(17-11-13-27-55)47(48(42)50)43-31-39(22-25-45(43)61-50)60-38-21-18-34-14-8-9-15-35(34)29-38/h7-9,14-15,18-25,29-31,36,41,46-48,54-55H,1,10-13,16-17,26-28,32H2,2-6H3,(H,51,56). The number of allylic oxidation sites excluding steroid dienone is 1. The Morgan fingerprint density at radius 2 is 1.63 bits per heavy atom. The molecule has 13 heteroatoms. The van der Waals surface area contributed by atoms with Crippen LogP contribution < -0.4 is 14.8 Å². The molecule has 1 amide bonds. The molecule has 1 aliphatic heterocycles. The Hall–Kier alpha value is -5.05. The van der Waals surface area contributed by atoms with E-state index in [9.17, 15) is 23.4 Å². The number of unbranched alkanes of at least 4 members (excludes halogenated alkanes) is 2. The van der Waals surface area contributed by atoms with Crippen molar-refractivity contribution in [3.8, 4) is 17.2 Å². The Morgan fingerprint density at radius 1 is 0.952 bits per heavy atom. The van der Waals surface area contributed by atoms with Gasteiger partial charge in [0.1, 0.15) is 22.8 Å². The number of ether oxygens (including phenoxy) is 3. The lowest BCUT2D eigenvalue weighted by atomic mass is 9.55. The molecule has 63 heavy (non-hydrogen) atoms. The maximum absolute atomic E-state index is 14.9. The summed E-state index contributed by atoms with van der Waals surface area (Å²) in [6.45, 7) is 11.3. The second-order valence-corrected chi connectivity index (χ2v) is 19.8. The van der Waals surface area contributed by atoms with Crippen molar-refractivity contribution in [3.63, 3.8) is 0 Å². The summed E-state index contributed by atoms with van der Waals surface area (Å²) in [7, 11) is -2.68. The quantitative estimate of drug-likeness (QED) is 0.0504. The van der Waals surface area contributed by atoms with Crippen LogP contribution in [-0.4, -0.2) is 78.9 Å². The fraction of sp³-hybridized carbons (Fsp3) is 0.440. The van der Waals surface area contributed by atoms with Crippen molar-refractivity contribution in [1.82, 2.24) is 4.31 Å². The van der Waals surface area contributed by atoms with Crippen LogP contribution in [0.2, 0.25) is 0 Å². The van der Waals surface area contributed by atoms with E-state index in [-0.39, 0.29) is 54.8 Å². The molecular formula is C50H61N3O9S. The number of aliphatic hydroxyl groups is 2. The number of anilines is 1. The van der Waals surface area contributed by atoms with E-state index < -0.39 is 33.4 Å². The van der Waals surface area contributed by atoms with Crippen molar-refractivity contribution in [1.29, 1.82) is 0 Å². The first-order valence-electron chi connectivity index (χ1n) is 22.0. The fourth-order valence-corrected chi connectivity index (χ4v) is 10.9. The number of likely N-dealkylation sites (N-methyl/N-ethyl adjacent to an activating group) is 1. The van der Waals surface area contributed by atoms with E-state index in [0.29, 0.717) is 41.5 Å². The molecular weight excluding hydrogens is 819 g/mol. The van der Waals surface area contributed by atoms with Gasteiger partial charge in [0.25, 0.3) is 0 Å². The first kappa shape index (κ1) is 46.0. The summed E-state index contributed by atoms with van der Waals surface area (Å²) < 4.78 is 51.9. The van der Waals surface area contributed by atoms with Crippen LogP contribution in [0.3, 0.4) is 0 Å². The monoisotopic (exact) mass is 879 g/mol. The number of oxime groups is 1. The van der Waals surface area contributed by atoms with Gasteiger partial charge in [-0.3, -0.25) is 4.79 Å². The van der Waals surface area contributed by atoms with Crippen molar-refractivity contribution < 1.29 is 42.5 Å². The van der Waals surface area contributed by atoms with Crippen LogP contribution >= 0.6 is 0 Å². The number of rotatable bonds is 18. The number of fused-ring (bicyclic) bond motifs is 3. The lowest BCUT2D eigenvalue weighted by molar-refractivity contribution is -0.250. The zero-order valence-corrected chi connectivity index (χ0v) is 37.8. The number of aliphatic hydroxyl groups excluding tert-OH is 2. The van der Waals surface area contributed by atoms with E-state index in [1.54, 1.807) is 25.3 Å². The second kappa shape index (κ2) is 19.4. The highest BCUT2D eigenvalue weighted by molar-refractivity contribution is 7.89. The maximum Gasteiger partial charge on any atom is 0.243 e. The predicted molar refractivity (Wildman–Crippen MR) is 246 cm³/mol. The molecule has 4 aromatic rings. The molecule has 3 N–H and O–H groups in total. The van der Waals surface area contributed by atoms with Gasteiger partial charge in [0.05, 0.1) is 29.2 Å². The molecule has 6 atom stereocenters. The van der Waals surface area contributed by atoms with Gasteiger partial charge < -0.3 is 34.6 Å². The van der Waals surface area contributed by atoms with Gasteiger partial charge in [0, 0.05) is 50.8 Å². The molecule has 3 aliphatic rings. The Bertz CT molecular complexity index is 2440. The summed E-state index contributed by atoms with van der Waals surface area (Å²) in [4.78, 5) is 18.0. The van der Waals surface area contributed by atoms with Crippen LogP contribution in [0.1, 0.15) is 84.1 Å². The third-order valence-corrected chi connectivity index (χ3v) is 14.2. The Labute approximate surface area is 371 Å². The number of hydrogen-bond acceptors (Lipinski definition) is 10. The van der Waals surface area contributed by atoms with Crippen LogP contribution in [0.25, 0.3) is 10.8 Å². The topological polar surface area (TPSA) is 156 Å². The summed E-state index contributed by atoms with van der Waals surface area (Å²) in [5, 5.41) is 29.6. The molecule has 2 aliphatic carbocycles. The van der Waals surface area contributed by atoms with E-state index in [4.69, 9.17) is 24.2 Å². The molecule has 0 aromatic heterocycles. The molecule has 0 bridgehead atoms. The first-order valence-corrected chi connectivity index (χ1v) is 23.4. The second-order valence-electron chi connectivity index (χ2n) is 17.8. The van der Waals surface area contributed by atoms with Gasteiger partial charge in [-0.15, -0.1) is 6.58 Å². The lowest BCUT2D eigenvalue weighted by Crippen LogP contribution is -2.69. The minimum atomic E-state index is -4.23. The summed E-state index contributed by atoms with van der Waals surface area (Å²) in [6, 6.07) is 25.1. The highest BCUT2D eigenvalue weighted by Crippen LogP contribution is 2.62. The van der Waals surface area contributed by atoms with Crippen molar-refractivity contribution in [2.24, 2.45) is 22.9 Å². The number of carbonyl (C=O) groups excluding carboxylic acids is 1. The molecule has 1 heterocycles. The molecule has 7 rings (SSSR count). The number of nitrogens with one attached hydrogen (secondary N) is 1. The van der Waals surface area contributed by atoms with Gasteiger partial charge in [-0.05, 0) is 129 Å². The van der Waals surface area contributed by atoms with Crippen LogP contribution in [-0.2, 0) is 24.4 Å². The van der Waals surface area contributed by atoms with E-state index in [1.807, 2.05) is 69.3 Å². The zero-order valence-electron chi connectivity index (χ0n) is 37.0. The van der Waals surface area contributed by atoms with Crippen LogP contribution in [0.5, 0.6) is 17.2 Å². The van der Waals surface area contributed by atoms with Gasteiger partial charge in [-0.2, -0.15) is 4.31 Å². The molecule has 12 nitrogen and oxygen atoms in total. The molecule has 4 aromatic carbocycles. The predicted octanol–water partition coefficient (Wildman–Crippen LogP) is 9.34. The summed E-state index contributed by atoms with van der Waals surface area (Å²) in [5.41, 5.74) is 2.18. The number of hydrogen-bond donors (Lipinski definition) is 3. The molecule has 0 spiro atoms. The summed E-state index contributed by atoms with van der Waals surface area (Å²) >= 11 is 0. The van der Waals surface area contributed by atoms with Crippen molar-refractivity contribution in [2.75, 3.05) is 32.2 Å². The van der Waals surface area contributed by atoms with Crippen LogP contribution in [0.4, 0.5) is 5.69 Å². The largest absolute Gasteiger partial charge is 0.460 e. The minimum Gasteiger partial charge on any atom is -0.460 e. The molecule has 0 saturated heterocycles. The highest BCUT2D eigenvalue weighted by atomic mass is 32.2. The third kappa shape index (κ3) is 9.88. The molecule has 1 saturated carbocycles. The Morgan fingerprint density at radius 3 is 2.32 bits per heavy atom. The Kier molecular flexibility index (Phi) is 14.1. The van der Waals surface area contributed by atoms with Crippen molar-refractivity contribution in [2.45, 2.75) is 101 Å². The fourth-order valence-electron chi connectivity index (χ4n) is 9.57. The highest BCUT2D eigenvalue weighted by Gasteiger charge is 2.65. The molecule has 0 radical (unpaired) electrons. The first-order chi connectivity index (χ1) is 30.2. The normalized spacial score (nSPS) is 23.7. The van der Waals surface area contributed by atoms with Gasteiger partial charge in [-0.1, -0.05) is 60.5 Å². The van der Waals surface area contributed by atoms with E-state index in [2.05, 4.69) is 30.1 Å². The molecule has 1 fully saturated rings. The number of amides is 1.